The summed E-state index contributed by atoms with van der Waals surface area (Å²) in [5.74, 6) is 0.496. The maximum atomic E-state index is 10.0. The summed E-state index contributed by atoms with van der Waals surface area (Å²) in [6, 6.07) is 5.29. The molecule has 0 aliphatic carbocycles. The second-order valence-corrected chi connectivity index (χ2v) is 4.97. The summed E-state index contributed by atoms with van der Waals surface area (Å²) in [4.78, 5) is 1.36. The lowest BCUT2D eigenvalue weighted by Crippen LogP contribution is -2.04. The number of hydrogen-bond donors (Lipinski definition) is 1. The topological polar surface area (TPSA) is 63.8 Å². The van der Waals surface area contributed by atoms with Gasteiger partial charge in [0.15, 0.2) is 5.82 Å². The quantitative estimate of drug-likeness (QED) is 0.939. The lowest BCUT2D eigenvalue weighted by molar-refractivity contribution is 0.175. The first-order valence-electron chi connectivity index (χ1n) is 4.91. The Balaban J connectivity index is 2.16. The Morgan fingerprint density at radius 2 is 2.24 bits per heavy atom. The van der Waals surface area contributed by atoms with E-state index in [1.54, 1.807) is 19.2 Å². The summed E-state index contributed by atoms with van der Waals surface area (Å²) in [5.41, 5.74) is 0.719. The van der Waals surface area contributed by atoms with Gasteiger partial charge in [0, 0.05) is 15.9 Å². The first kappa shape index (κ1) is 12.5. The SMILES string of the molecule is Cn1nnc(CC(O)c2cc(Cl)cc(Br)c2)n1. The fourth-order valence-electron chi connectivity index (χ4n) is 1.46. The number of aryl methyl sites for hydroxylation is 1. The molecule has 1 aromatic carbocycles. The minimum absolute atomic E-state index is 0.306. The largest absolute Gasteiger partial charge is 0.388 e. The third kappa shape index (κ3) is 3.24. The van der Waals surface area contributed by atoms with Crippen LogP contribution in [0.1, 0.15) is 17.5 Å². The van der Waals surface area contributed by atoms with Crippen molar-refractivity contribution < 1.29 is 5.11 Å². The highest BCUT2D eigenvalue weighted by Crippen LogP contribution is 2.25. The van der Waals surface area contributed by atoms with Crippen LogP contribution in [-0.2, 0) is 13.5 Å². The average molecular weight is 318 g/mol. The van der Waals surface area contributed by atoms with E-state index in [0.717, 1.165) is 10.0 Å². The molecule has 90 valence electrons. The number of hydrogen-bond acceptors (Lipinski definition) is 4. The normalized spacial score (nSPS) is 12.7. The molecule has 17 heavy (non-hydrogen) atoms. The molecule has 0 fully saturated rings. The standard InChI is InChI=1S/C10H10BrClN4O/c1-16-14-10(13-15-16)5-9(17)6-2-7(11)4-8(12)3-6/h2-4,9,17H,5H2,1H3. The molecular formula is C10H10BrClN4O. The molecule has 1 unspecified atom stereocenters. The average Bonchev–Trinajstić information content (AvgIpc) is 2.62. The van der Waals surface area contributed by atoms with E-state index in [2.05, 4.69) is 31.3 Å². The fraction of sp³-hybridized carbons (Fsp3) is 0.300. The van der Waals surface area contributed by atoms with Crippen LogP contribution in [0.25, 0.3) is 0 Å². The van der Waals surface area contributed by atoms with Gasteiger partial charge in [0.25, 0.3) is 0 Å². The van der Waals surface area contributed by atoms with Gasteiger partial charge in [-0.2, -0.15) is 4.80 Å². The van der Waals surface area contributed by atoms with Crippen molar-refractivity contribution in [3.05, 3.63) is 39.1 Å². The Morgan fingerprint density at radius 1 is 1.47 bits per heavy atom. The Morgan fingerprint density at radius 3 is 2.82 bits per heavy atom. The molecule has 5 nitrogen and oxygen atoms in total. The lowest BCUT2D eigenvalue weighted by Gasteiger charge is -2.09. The molecule has 0 spiro atoms. The summed E-state index contributed by atoms with van der Waals surface area (Å²) in [7, 11) is 1.68. The zero-order valence-electron chi connectivity index (χ0n) is 9.01. The van der Waals surface area contributed by atoms with Crippen LogP contribution in [0.4, 0.5) is 0 Å². The number of tetrazole rings is 1. The Bertz CT molecular complexity index is 511. The lowest BCUT2D eigenvalue weighted by atomic mass is 10.1. The van der Waals surface area contributed by atoms with Crippen LogP contribution in [0.5, 0.6) is 0 Å². The Hall–Kier alpha value is -0.980. The minimum atomic E-state index is -0.700. The molecule has 0 amide bonds. The van der Waals surface area contributed by atoms with Gasteiger partial charge in [-0.05, 0) is 29.0 Å². The molecule has 1 heterocycles. The molecule has 0 aliphatic rings. The maximum Gasteiger partial charge on any atom is 0.177 e. The van der Waals surface area contributed by atoms with Crippen LogP contribution < -0.4 is 0 Å². The summed E-state index contributed by atoms with van der Waals surface area (Å²) in [6.45, 7) is 0. The molecule has 0 bridgehead atoms. The third-order valence-electron chi connectivity index (χ3n) is 2.20. The van der Waals surface area contributed by atoms with Crippen molar-refractivity contribution in [1.82, 2.24) is 20.2 Å². The number of aliphatic hydroxyl groups is 1. The van der Waals surface area contributed by atoms with Gasteiger partial charge in [-0.1, -0.05) is 27.5 Å². The van der Waals surface area contributed by atoms with Gasteiger partial charge in [-0.15, -0.1) is 10.2 Å². The van der Waals surface area contributed by atoms with Crippen LogP contribution >= 0.6 is 27.5 Å². The first-order valence-corrected chi connectivity index (χ1v) is 6.08. The van der Waals surface area contributed by atoms with Crippen molar-refractivity contribution in [3.63, 3.8) is 0 Å². The highest BCUT2D eigenvalue weighted by molar-refractivity contribution is 9.10. The van der Waals surface area contributed by atoms with E-state index in [9.17, 15) is 5.11 Å². The molecule has 1 atom stereocenters. The van der Waals surface area contributed by atoms with Crippen molar-refractivity contribution >= 4 is 27.5 Å². The van der Waals surface area contributed by atoms with Gasteiger partial charge >= 0.3 is 0 Å². The van der Waals surface area contributed by atoms with Gasteiger partial charge in [0.1, 0.15) is 0 Å². The third-order valence-corrected chi connectivity index (χ3v) is 2.87. The molecule has 0 aliphatic heterocycles. The van der Waals surface area contributed by atoms with Crippen molar-refractivity contribution in [3.8, 4) is 0 Å². The van der Waals surface area contributed by atoms with E-state index in [1.165, 1.54) is 4.80 Å². The van der Waals surface area contributed by atoms with Gasteiger partial charge in [-0.25, -0.2) is 0 Å². The molecule has 2 rings (SSSR count). The number of aromatic nitrogens is 4. The predicted octanol–water partition coefficient (Wildman–Crippen LogP) is 1.90. The van der Waals surface area contributed by atoms with Crippen molar-refractivity contribution in [2.24, 2.45) is 7.05 Å². The Kier molecular flexibility index (Phi) is 3.76. The van der Waals surface area contributed by atoms with Gasteiger partial charge < -0.3 is 5.11 Å². The molecule has 0 saturated heterocycles. The van der Waals surface area contributed by atoms with Crippen molar-refractivity contribution in [2.45, 2.75) is 12.5 Å². The molecule has 1 N–H and O–H groups in total. The van der Waals surface area contributed by atoms with Crippen LogP contribution in [-0.4, -0.2) is 25.3 Å². The number of nitrogens with zero attached hydrogens (tertiary/aromatic N) is 4. The predicted molar refractivity (Wildman–Crippen MR) is 66.6 cm³/mol. The monoisotopic (exact) mass is 316 g/mol. The summed E-state index contributed by atoms with van der Waals surface area (Å²) < 4.78 is 0.825. The Labute approximate surface area is 112 Å². The van der Waals surface area contributed by atoms with Crippen LogP contribution in [0.2, 0.25) is 5.02 Å². The molecular weight excluding hydrogens is 307 g/mol. The van der Waals surface area contributed by atoms with Crippen LogP contribution in [0, 0.1) is 0 Å². The maximum absolute atomic E-state index is 10.0. The highest BCUT2D eigenvalue weighted by Gasteiger charge is 2.13. The van der Waals surface area contributed by atoms with E-state index in [-0.39, 0.29) is 0 Å². The second-order valence-electron chi connectivity index (χ2n) is 3.62. The first-order chi connectivity index (χ1) is 8.04. The van der Waals surface area contributed by atoms with Crippen LogP contribution in [0.3, 0.4) is 0 Å². The summed E-state index contributed by atoms with van der Waals surface area (Å²) in [6.07, 6.45) is -0.394. The fourth-order valence-corrected chi connectivity index (χ4v) is 2.35. The number of halogens is 2. The van der Waals surface area contributed by atoms with E-state index in [4.69, 9.17) is 11.6 Å². The van der Waals surface area contributed by atoms with E-state index in [1.807, 2.05) is 6.07 Å². The van der Waals surface area contributed by atoms with E-state index in [0.29, 0.717) is 17.3 Å². The second kappa shape index (κ2) is 5.12. The minimum Gasteiger partial charge on any atom is -0.388 e. The highest BCUT2D eigenvalue weighted by atomic mass is 79.9. The number of benzene rings is 1. The van der Waals surface area contributed by atoms with Crippen molar-refractivity contribution in [2.75, 3.05) is 0 Å². The smallest absolute Gasteiger partial charge is 0.177 e. The summed E-state index contributed by atoms with van der Waals surface area (Å²) >= 11 is 9.24. The molecule has 0 saturated carbocycles. The van der Waals surface area contributed by atoms with E-state index >= 15 is 0 Å². The molecule has 0 radical (unpaired) electrons. The molecule has 1 aromatic heterocycles. The van der Waals surface area contributed by atoms with Crippen molar-refractivity contribution in [1.29, 1.82) is 0 Å². The zero-order valence-corrected chi connectivity index (χ0v) is 11.4. The zero-order chi connectivity index (χ0) is 12.4. The van der Waals surface area contributed by atoms with E-state index < -0.39 is 6.10 Å². The number of rotatable bonds is 3. The van der Waals surface area contributed by atoms with Gasteiger partial charge in [0.2, 0.25) is 0 Å². The molecule has 7 heteroatoms. The molecule has 2 aromatic rings. The van der Waals surface area contributed by atoms with Crippen LogP contribution in [0.15, 0.2) is 22.7 Å². The van der Waals surface area contributed by atoms with Gasteiger partial charge in [0.05, 0.1) is 13.2 Å². The van der Waals surface area contributed by atoms with Gasteiger partial charge in [-0.3, -0.25) is 0 Å². The summed E-state index contributed by atoms with van der Waals surface area (Å²) in [5, 5.41) is 22.1. The number of aliphatic hydroxyl groups excluding tert-OH is 1.